The first kappa shape index (κ1) is 51.0. The molecule has 0 bridgehead atoms. The zero-order chi connectivity index (χ0) is 42.7. The molecular weight excluding hydrogens is 729 g/mol. The second kappa shape index (κ2) is 29.0. The van der Waals surface area contributed by atoms with E-state index in [2.05, 4.69) is 89.3 Å². The molecule has 5 heteroatoms. The Hall–Kier alpha value is -2.40. The van der Waals surface area contributed by atoms with E-state index in [1.807, 2.05) is 0 Å². The molecule has 0 amide bonds. The molecule has 0 spiro atoms. The smallest absolute Gasteiger partial charge is 0.306 e. The van der Waals surface area contributed by atoms with Crippen molar-refractivity contribution in [2.45, 2.75) is 227 Å². The predicted molar refractivity (Wildman–Crippen MR) is 249 cm³/mol. The molecule has 59 heavy (non-hydrogen) atoms. The Labute approximate surface area is 363 Å². The van der Waals surface area contributed by atoms with E-state index in [1.165, 1.54) is 77.0 Å². The second-order valence-electron chi connectivity index (χ2n) is 19.6. The van der Waals surface area contributed by atoms with Gasteiger partial charge in [-0.2, -0.15) is 0 Å². The lowest BCUT2D eigenvalue weighted by Crippen LogP contribution is -2.60. The Morgan fingerprint density at radius 2 is 1.19 bits per heavy atom. The highest BCUT2D eigenvalue weighted by molar-refractivity contribution is 5.69. The summed E-state index contributed by atoms with van der Waals surface area (Å²) >= 11 is 0. The van der Waals surface area contributed by atoms with Crippen LogP contribution < -0.4 is 0 Å². The number of unbranched alkanes of at least 4 members (excludes halogenated alkanes) is 14. The molecule has 336 valence electrons. The van der Waals surface area contributed by atoms with E-state index in [9.17, 15) is 14.7 Å². The van der Waals surface area contributed by atoms with E-state index < -0.39 is 11.5 Å². The zero-order valence-electron chi connectivity index (χ0n) is 38.9. The van der Waals surface area contributed by atoms with Gasteiger partial charge in [-0.15, -0.1) is 0 Å². The molecule has 0 heterocycles. The van der Waals surface area contributed by atoms with E-state index in [1.54, 1.807) is 0 Å². The van der Waals surface area contributed by atoms with Gasteiger partial charge in [0, 0.05) is 18.3 Å². The fourth-order valence-electron chi connectivity index (χ4n) is 11.0. The molecule has 3 aliphatic carbocycles. The number of carbonyl (C=O) groups excluding carboxylic acids is 2. The quantitative estimate of drug-likeness (QED) is 0.0444. The third kappa shape index (κ3) is 18.2. The minimum absolute atomic E-state index is 0.0536. The van der Waals surface area contributed by atoms with Crippen molar-refractivity contribution in [1.82, 2.24) is 0 Å². The topological polar surface area (TPSA) is 72.8 Å². The number of allylic oxidation sites excluding steroid dienone is 9. The van der Waals surface area contributed by atoms with Crippen LogP contribution in [0.3, 0.4) is 0 Å². The van der Waals surface area contributed by atoms with E-state index in [4.69, 9.17) is 9.47 Å². The summed E-state index contributed by atoms with van der Waals surface area (Å²) in [5.74, 6) is 0.512. The Kier molecular flexibility index (Phi) is 25.0. The lowest BCUT2D eigenvalue weighted by Gasteiger charge is -2.63. The van der Waals surface area contributed by atoms with Crippen LogP contribution in [0.5, 0.6) is 0 Å². The van der Waals surface area contributed by atoms with Crippen molar-refractivity contribution in [3.63, 3.8) is 0 Å². The summed E-state index contributed by atoms with van der Waals surface area (Å²) in [7, 11) is 0. The number of fused-ring (bicyclic) bond motifs is 3. The van der Waals surface area contributed by atoms with Gasteiger partial charge in [-0.3, -0.25) is 9.59 Å². The molecule has 2 saturated carbocycles. The van der Waals surface area contributed by atoms with Crippen molar-refractivity contribution in [2.75, 3.05) is 13.2 Å². The van der Waals surface area contributed by atoms with E-state index >= 15 is 0 Å². The average Bonchev–Trinajstić information content (AvgIpc) is 3.35. The first-order valence-electron chi connectivity index (χ1n) is 24.9. The number of rotatable bonds is 30. The van der Waals surface area contributed by atoms with Crippen molar-refractivity contribution >= 4 is 11.9 Å². The van der Waals surface area contributed by atoms with Crippen LogP contribution in [0, 0.1) is 28.1 Å². The van der Waals surface area contributed by atoms with Crippen molar-refractivity contribution < 1.29 is 24.2 Å². The van der Waals surface area contributed by atoms with Crippen LogP contribution in [0.15, 0.2) is 60.3 Å². The number of carbonyl (C=O) groups is 2. The van der Waals surface area contributed by atoms with E-state index in [-0.39, 0.29) is 41.9 Å². The molecule has 3 rings (SSSR count). The Balaban J connectivity index is 1.43. The molecule has 0 aromatic carbocycles. The maximum atomic E-state index is 13.2. The Morgan fingerprint density at radius 3 is 1.78 bits per heavy atom. The lowest BCUT2D eigenvalue weighted by molar-refractivity contribution is -0.193. The maximum absolute atomic E-state index is 13.2. The van der Waals surface area contributed by atoms with Crippen LogP contribution in [-0.4, -0.2) is 36.4 Å². The number of aliphatic hydroxyl groups is 1. The Morgan fingerprint density at radius 1 is 0.644 bits per heavy atom. The zero-order valence-corrected chi connectivity index (χ0v) is 38.9. The predicted octanol–water partition coefficient (Wildman–Crippen LogP) is 15.2. The van der Waals surface area contributed by atoms with E-state index in [0.29, 0.717) is 25.2 Å². The Bertz CT molecular complexity index is 1320. The number of esters is 2. The van der Waals surface area contributed by atoms with Gasteiger partial charge in [0.15, 0.2) is 0 Å². The molecule has 5 atom stereocenters. The minimum Gasteiger partial charge on any atom is -0.465 e. The van der Waals surface area contributed by atoms with Gasteiger partial charge in [-0.05, 0) is 137 Å². The summed E-state index contributed by atoms with van der Waals surface area (Å²) < 4.78 is 12.0. The number of hydrogen-bond acceptors (Lipinski definition) is 5. The minimum atomic E-state index is -0.640. The monoisotopic (exact) mass is 819 g/mol. The summed E-state index contributed by atoms with van der Waals surface area (Å²) in [4.78, 5) is 26.0. The average molecular weight is 819 g/mol. The highest BCUT2D eigenvalue weighted by Gasteiger charge is 2.62. The normalized spacial score (nSPS) is 25.7. The molecule has 5 nitrogen and oxygen atoms in total. The molecule has 0 radical (unpaired) electrons. The maximum Gasteiger partial charge on any atom is 0.306 e. The van der Waals surface area contributed by atoms with Gasteiger partial charge in [-0.25, -0.2) is 0 Å². The van der Waals surface area contributed by atoms with Gasteiger partial charge < -0.3 is 14.6 Å². The van der Waals surface area contributed by atoms with Crippen LogP contribution in [-0.2, 0) is 19.1 Å². The highest BCUT2D eigenvalue weighted by Crippen LogP contribution is 2.66. The lowest BCUT2D eigenvalue weighted by atomic mass is 9.42. The van der Waals surface area contributed by atoms with Gasteiger partial charge in [-0.1, -0.05) is 154 Å². The molecule has 5 unspecified atom stereocenters. The number of aliphatic hydroxyl groups excluding tert-OH is 1. The standard InChI is InChI=1S/C54H90O5/c1-6-8-10-12-14-16-18-20-21-23-25-27-29-31-33-36-51(57)59-45-54-42-39-47-52(3,4)40-34-41-53(47,5)48(54)38-37-46(43-49(54)55)44-58-50(56)35-32-30-28-26-24-22-19-17-15-13-11-9-7-2/h11,13-14,16-17,19-21,37,47-49,55H,6-10,12,15,18,22-36,38-45H2,1-5H3/b13-11-,16-14-,19-17-,21-20-. The summed E-state index contributed by atoms with van der Waals surface area (Å²) in [6, 6.07) is 0. The summed E-state index contributed by atoms with van der Waals surface area (Å²) in [5, 5.41) is 12.2. The van der Waals surface area contributed by atoms with E-state index in [0.717, 1.165) is 95.5 Å². The third-order valence-corrected chi connectivity index (χ3v) is 14.5. The van der Waals surface area contributed by atoms with Gasteiger partial charge in [0.05, 0.1) is 12.7 Å². The van der Waals surface area contributed by atoms with Crippen molar-refractivity contribution in [3.8, 4) is 0 Å². The largest absolute Gasteiger partial charge is 0.465 e. The second-order valence-corrected chi connectivity index (χ2v) is 19.6. The third-order valence-electron chi connectivity index (χ3n) is 14.5. The van der Waals surface area contributed by atoms with Crippen LogP contribution in [0.2, 0.25) is 0 Å². The first-order valence-corrected chi connectivity index (χ1v) is 24.9. The summed E-state index contributed by atoms with van der Waals surface area (Å²) in [5.41, 5.74) is 0.827. The van der Waals surface area contributed by atoms with Crippen LogP contribution in [0.4, 0.5) is 0 Å². The fraction of sp³-hybridized carbons (Fsp3) is 0.778. The van der Waals surface area contributed by atoms with Crippen LogP contribution >= 0.6 is 0 Å². The van der Waals surface area contributed by atoms with Crippen molar-refractivity contribution in [3.05, 3.63) is 60.3 Å². The molecule has 3 aliphatic rings. The van der Waals surface area contributed by atoms with Gasteiger partial charge in [0.25, 0.3) is 0 Å². The van der Waals surface area contributed by atoms with Gasteiger partial charge in [0.2, 0.25) is 0 Å². The molecule has 0 aromatic rings. The van der Waals surface area contributed by atoms with Crippen molar-refractivity contribution in [2.24, 2.45) is 28.1 Å². The number of hydrogen-bond donors (Lipinski definition) is 1. The molecular formula is C54H90O5. The van der Waals surface area contributed by atoms with Crippen LogP contribution in [0.25, 0.3) is 0 Å². The van der Waals surface area contributed by atoms with Gasteiger partial charge in [0.1, 0.15) is 6.61 Å². The first-order chi connectivity index (χ1) is 28.6. The van der Waals surface area contributed by atoms with Crippen molar-refractivity contribution in [1.29, 1.82) is 0 Å². The summed E-state index contributed by atoms with van der Waals surface area (Å²) in [6.07, 6.45) is 50.3. The summed E-state index contributed by atoms with van der Waals surface area (Å²) in [6.45, 7) is 12.3. The number of ether oxygens (including phenoxy) is 2. The molecule has 0 aromatic heterocycles. The molecule has 0 saturated heterocycles. The fourth-order valence-corrected chi connectivity index (χ4v) is 11.0. The molecule has 2 fully saturated rings. The molecule has 0 aliphatic heterocycles. The van der Waals surface area contributed by atoms with Gasteiger partial charge >= 0.3 is 11.9 Å². The highest BCUT2D eigenvalue weighted by atomic mass is 16.5. The molecule has 1 N–H and O–H groups in total. The van der Waals surface area contributed by atoms with Crippen LogP contribution in [0.1, 0.15) is 221 Å². The SMILES string of the molecule is CCC/C=C\C/C=C\CCCCCCCC(=O)OCC1=CCC2C3(C)CCCC(C)(C)C3CCC2(COC(=O)CCCCCCC/C=C\C/C=C\CCCCC)C(O)C1.